The van der Waals surface area contributed by atoms with Crippen LogP contribution in [0.5, 0.6) is 0 Å². The molecule has 0 saturated heterocycles. The largest absolute Gasteiger partial charge is 0.451 e. The van der Waals surface area contributed by atoms with Crippen LogP contribution in [0.3, 0.4) is 0 Å². The number of fused-ring (bicyclic) bond motifs is 2. The summed E-state index contributed by atoms with van der Waals surface area (Å²) in [5, 5.41) is 3.26. The minimum absolute atomic E-state index is 0.00943. The van der Waals surface area contributed by atoms with E-state index in [4.69, 9.17) is 4.42 Å². The van der Waals surface area contributed by atoms with Crippen LogP contribution in [-0.4, -0.2) is 10.9 Å². The maximum absolute atomic E-state index is 12.3. The van der Waals surface area contributed by atoms with E-state index in [9.17, 15) is 9.59 Å². The number of benzene rings is 2. The summed E-state index contributed by atoms with van der Waals surface area (Å²) in [7, 11) is 0. The second kappa shape index (κ2) is 5.90. The van der Waals surface area contributed by atoms with Crippen molar-refractivity contribution in [3.05, 3.63) is 75.6 Å². The highest BCUT2D eigenvalue weighted by Gasteiger charge is 2.12. The Morgan fingerprint density at radius 2 is 2.04 bits per heavy atom. The molecule has 2 aromatic heterocycles. The minimum atomic E-state index is -0.417. The van der Waals surface area contributed by atoms with Crippen LogP contribution in [0, 0.1) is 0 Å². The molecule has 4 rings (SSSR count). The Morgan fingerprint density at radius 3 is 2.96 bits per heavy atom. The molecule has 1 amide bonds. The first-order chi connectivity index (χ1) is 11.7. The fourth-order valence-electron chi connectivity index (χ4n) is 2.56. The van der Waals surface area contributed by atoms with Gasteiger partial charge in [0.1, 0.15) is 5.58 Å². The number of carbonyl (C=O) groups excluding carboxylic acids is 1. The zero-order chi connectivity index (χ0) is 16.5. The van der Waals surface area contributed by atoms with Crippen LogP contribution in [0.15, 0.2) is 63.3 Å². The van der Waals surface area contributed by atoms with E-state index in [0.717, 1.165) is 15.8 Å². The quantitative estimate of drug-likeness (QED) is 0.623. The number of nitrogens with zero attached hydrogens (tertiary/aromatic N) is 1. The third kappa shape index (κ3) is 2.57. The number of nitrogens with one attached hydrogen (secondary N) is 1. The van der Waals surface area contributed by atoms with E-state index in [-0.39, 0.29) is 11.2 Å². The molecule has 0 saturated carbocycles. The van der Waals surface area contributed by atoms with Gasteiger partial charge in [-0.05, 0) is 23.8 Å². The number of amides is 1. The fourth-order valence-corrected chi connectivity index (χ4v) is 3.37. The molecule has 0 fully saturated rings. The number of rotatable bonds is 3. The molecule has 0 bridgehead atoms. The lowest BCUT2D eigenvalue weighted by molar-refractivity contribution is 0.0924. The lowest BCUT2D eigenvalue weighted by atomic mass is 10.2. The van der Waals surface area contributed by atoms with Crippen molar-refractivity contribution in [2.45, 2.75) is 6.54 Å². The molecule has 0 radical (unpaired) electrons. The Kier molecular flexibility index (Phi) is 3.59. The van der Waals surface area contributed by atoms with E-state index >= 15 is 0 Å². The van der Waals surface area contributed by atoms with E-state index in [0.29, 0.717) is 17.5 Å². The van der Waals surface area contributed by atoms with Crippen LogP contribution in [0.25, 0.3) is 21.2 Å². The van der Waals surface area contributed by atoms with Crippen LogP contribution < -0.4 is 10.7 Å². The van der Waals surface area contributed by atoms with E-state index in [1.54, 1.807) is 29.8 Å². The Hall–Kier alpha value is -2.99. The smallest absolute Gasteiger partial charge is 0.287 e. The van der Waals surface area contributed by atoms with Gasteiger partial charge in [0.15, 0.2) is 11.2 Å². The molecule has 4 aromatic rings. The normalized spacial score (nSPS) is 11.0. The van der Waals surface area contributed by atoms with Crippen LogP contribution in [0.1, 0.15) is 16.1 Å². The van der Waals surface area contributed by atoms with Crippen molar-refractivity contribution in [2.75, 3.05) is 0 Å². The van der Waals surface area contributed by atoms with Crippen LogP contribution in [-0.2, 0) is 6.54 Å². The molecule has 0 aliphatic rings. The topological polar surface area (TPSA) is 72.2 Å². The second-order valence-corrected chi connectivity index (χ2v) is 6.13. The summed E-state index contributed by atoms with van der Waals surface area (Å²) in [5.74, 6) is -0.408. The van der Waals surface area contributed by atoms with Gasteiger partial charge in [0, 0.05) is 12.6 Å². The predicted molar refractivity (Wildman–Crippen MR) is 93.3 cm³/mol. The van der Waals surface area contributed by atoms with Gasteiger partial charge in [-0.1, -0.05) is 24.3 Å². The molecule has 24 heavy (non-hydrogen) atoms. The van der Waals surface area contributed by atoms with Crippen molar-refractivity contribution in [2.24, 2.45) is 0 Å². The molecule has 118 valence electrons. The average Bonchev–Trinajstić information content (AvgIpc) is 3.09. The third-order valence-electron chi connectivity index (χ3n) is 3.74. The number of aromatic nitrogens is 1. The summed E-state index contributed by atoms with van der Waals surface area (Å²) in [5.41, 5.74) is 3.83. The number of para-hydroxylation sites is 1. The summed E-state index contributed by atoms with van der Waals surface area (Å²) in [4.78, 5) is 28.7. The standard InChI is InChI=1S/C18H12N2O3S/c21-14-8-16(23-15-7-2-1-5-12(14)15)18(22)19-9-11-4-3-6-13-17(11)24-10-20-13/h1-8,10H,9H2,(H,19,22). The molecular formula is C18H12N2O3S. The lowest BCUT2D eigenvalue weighted by Crippen LogP contribution is -2.24. The third-order valence-corrected chi connectivity index (χ3v) is 4.65. The zero-order valence-corrected chi connectivity index (χ0v) is 13.3. The predicted octanol–water partition coefficient (Wildman–Crippen LogP) is 3.33. The van der Waals surface area contributed by atoms with Crippen LogP contribution >= 0.6 is 11.3 Å². The minimum Gasteiger partial charge on any atom is -0.451 e. The van der Waals surface area contributed by atoms with Gasteiger partial charge in [0.25, 0.3) is 5.91 Å². The first-order valence-corrected chi connectivity index (χ1v) is 8.22. The van der Waals surface area contributed by atoms with Gasteiger partial charge in [0.2, 0.25) is 0 Å². The highest BCUT2D eigenvalue weighted by molar-refractivity contribution is 7.16. The van der Waals surface area contributed by atoms with Gasteiger partial charge in [-0.2, -0.15) is 0 Å². The number of hydrogen-bond acceptors (Lipinski definition) is 5. The van der Waals surface area contributed by atoms with Crippen molar-refractivity contribution in [3.63, 3.8) is 0 Å². The van der Waals surface area contributed by atoms with Gasteiger partial charge >= 0.3 is 0 Å². The Bertz CT molecular complexity index is 1110. The van der Waals surface area contributed by atoms with E-state index in [2.05, 4.69) is 10.3 Å². The molecule has 2 heterocycles. The lowest BCUT2D eigenvalue weighted by Gasteiger charge is -2.06. The number of carbonyl (C=O) groups is 1. The van der Waals surface area contributed by atoms with Gasteiger partial charge in [-0.3, -0.25) is 9.59 Å². The molecular weight excluding hydrogens is 324 g/mol. The van der Waals surface area contributed by atoms with Gasteiger partial charge in [-0.15, -0.1) is 11.3 Å². The summed E-state index contributed by atoms with van der Waals surface area (Å²) in [6.07, 6.45) is 0. The van der Waals surface area contributed by atoms with Gasteiger partial charge in [0.05, 0.1) is 21.1 Å². The molecule has 5 nitrogen and oxygen atoms in total. The molecule has 0 atom stereocenters. The SMILES string of the molecule is O=C(NCc1cccc2ncsc12)c1cc(=O)c2ccccc2o1. The van der Waals surface area contributed by atoms with Crippen molar-refractivity contribution in [1.29, 1.82) is 0 Å². The van der Waals surface area contributed by atoms with Crippen molar-refractivity contribution >= 4 is 38.4 Å². The van der Waals surface area contributed by atoms with Gasteiger partial charge < -0.3 is 9.73 Å². The Labute approximate surface area is 140 Å². The highest BCUT2D eigenvalue weighted by Crippen LogP contribution is 2.22. The fraction of sp³-hybridized carbons (Fsp3) is 0.0556. The first kappa shape index (κ1) is 14.6. The summed E-state index contributed by atoms with van der Waals surface area (Å²) in [6, 6.07) is 13.9. The maximum Gasteiger partial charge on any atom is 0.287 e. The summed E-state index contributed by atoms with van der Waals surface area (Å²) >= 11 is 1.53. The molecule has 0 spiro atoms. The van der Waals surface area contributed by atoms with Crippen LogP contribution in [0.4, 0.5) is 0 Å². The Balaban J connectivity index is 1.60. The Morgan fingerprint density at radius 1 is 1.17 bits per heavy atom. The average molecular weight is 336 g/mol. The molecule has 0 unspecified atom stereocenters. The molecule has 0 aliphatic heterocycles. The van der Waals surface area contributed by atoms with Crippen molar-refractivity contribution in [1.82, 2.24) is 10.3 Å². The van der Waals surface area contributed by atoms with E-state index in [1.165, 1.54) is 17.4 Å². The van der Waals surface area contributed by atoms with E-state index < -0.39 is 5.91 Å². The molecule has 0 aliphatic carbocycles. The van der Waals surface area contributed by atoms with Gasteiger partial charge in [-0.25, -0.2) is 4.98 Å². The van der Waals surface area contributed by atoms with Crippen molar-refractivity contribution in [3.8, 4) is 0 Å². The maximum atomic E-state index is 12.3. The molecule has 2 aromatic carbocycles. The monoisotopic (exact) mass is 336 g/mol. The summed E-state index contributed by atoms with van der Waals surface area (Å²) < 4.78 is 6.58. The second-order valence-electron chi connectivity index (χ2n) is 5.27. The van der Waals surface area contributed by atoms with Crippen molar-refractivity contribution < 1.29 is 9.21 Å². The van der Waals surface area contributed by atoms with E-state index in [1.807, 2.05) is 18.2 Å². The highest BCUT2D eigenvalue weighted by atomic mass is 32.1. The number of thiazole rings is 1. The summed E-state index contributed by atoms with van der Waals surface area (Å²) in [6.45, 7) is 0.342. The van der Waals surface area contributed by atoms with Crippen LogP contribution in [0.2, 0.25) is 0 Å². The zero-order valence-electron chi connectivity index (χ0n) is 12.5. The number of hydrogen-bond donors (Lipinski definition) is 1. The molecule has 1 N–H and O–H groups in total. The first-order valence-electron chi connectivity index (χ1n) is 7.34. The molecule has 6 heteroatoms.